The lowest BCUT2D eigenvalue weighted by Gasteiger charge is -2.14. The molecule has 0 aliphatic heterocycles. The first-order valence-corrected chi connectivity index (χ1v) is 6.87. The minimum Gasteiger partial charge on any atom is -0.493 e. The summed E-state index contributed by atoms with van der Waals surface area (Å²) in [4.78, 5) is 0. The molecule has 0 saturated heterocycles. The van der Waals surface area contributed by atoms with E-state index in [2.05, 4.69) is 15.9 Å². The lowest BCUT2D eigenvalue weighted by molar-refractivity contribution is 0.214. The maximum atomic E-state index is 13.7. The van der Waals surface area contributed by atoms with Gasteiger partial charge in [-0.15, -0.1) is 0 Å². The SMILES string of the molecule is CCOc1ccc(C(O)c2ccc(F)cc2F)cc1Br. The molecule has 0 radical (unpaired) electrons. The van der Waals surface area contributed by atoms with Crippen molar-refractivity contribution >= 4 is 15.9 Å². The van der Waals surface area contributed by atoms with Gasteiger partial charge in [-0.1, -0.05) is 12.1 Å². The molecule has 2 aromatic carbocycles. The van der Waals surface area contributed by atoms with Gasteiger partial charge in [0.1, 0.15) is 23.5 Å². The van der Waals surface area contributed by atoms with Crippen LogP contribution in [0.2, 0.25) is 0 Å². The Morgan fingerprint density at radius 3 is 2.55 bits per heavy atom. The van der Waals surface area contributed by atoms with E-state index in [0.717, 1.165) is 12.1 Å². The van der Waals surface area contributed by atoms with Crippen LogP contribution >= 0.6 is 15.9 Å². The molecule has 5 heteroatoms. The van der Waals surface area contributed by atoms with E-state index in [1.807, 2.05) is 6.92 Å². The Balaban J connectivity index is 2.33. The molecule has 0 aliphatic carbocycles. The van der Waals surface area contributed by atoms with Gasteiger partial charge in [-0.3, -0.25) is 0 Å². The van der Waals surface area contributed by atoms with Gasteiger partial charge in [0.15, 0.2) is 0 Å². The molecule has 0 heterocycles. The molecule has 2 nitrogen and oxygen atoms in total. The molecule has 0 saturated carbocycles. The van der Waals surface area contributed by atoms with Crippen molar-refractivity contribution in [3.63, 3.8) is 0 Å². The Kier molecular flexibility index (Phi) is 4.73. The molecule has 0 amide bonds. The van der Waals surface area contributed by atoms with Crippen molar-refractivity contribution in [2.45, 2.75) is 13.0 Å². The zero-order valence-corrected chi connectivity index (χ0v) is 12.3. The smallest absolute Gasteiger partial charge is 0.133 e. The average Bonchev–Trinajstić information content (AvgIpc) is 2.40. The standard InChI is InChI=1S/C15H13BrF2O2/c1-2-20-14-6-3-9(7-12(14)16)15(19)11-5-4-10(17)8-13(11)18/h3-8,15,19H,2H2,1H3. The monoisotopic (exact) mass is 342 g/mol. The second-order valence-electron chi connectivity index (χ2n) is 4.19. The van der Waals surface area contributed by atoms with Crippen molar-refractivity contribution in [3.05, 3.63) is 63.6 Å². The highest BCUT2D eigenvalue weighted by molar-refractivity contribution is 9.10. The summed E-state index contributed by atoms with van der Waals surface area (Å²) in [6.07, 6.45) is -1.16. The molecular formula is C15H13BrF2O2. The third-order valence-corrected chi connectivity index (χ3v) is 3.45. The van der Waals surface area contributed by atoms with Crippen LogP contribution < -0.4 is 4.74 Å². The summed E-state index contributed by atoms with van der Waals surface area (Å²) in [6, 6.07) is 8.09. The number of ether oxygens (including phenoxy) is 1. The van der Waals surface area contributed by atoms with Crippen molar-refractivity contribution in [2.24, 2.45) is 0 Å². The van der Waals surface area contributed by atoms with Crippen molar-refractivity contribution in [3.8, 4) is 5.75 Å². The van der Waals surface area contributed by atoms with Gasteiger partial charge >= 0.3 is 0 Å². The largest absolute Gasteiger partial charge is 0.493 e. The number of hydrogen-bond acceptors (Lipinski definition) is 2. The molecule has 2 rings (SSSR count). The lowest BCUT2D eigenvalue weighted by Crippen LogP contribution is -2.03. The Morgan fingerprint density at radius 2 is 1.95 bits per heavy atom. The van der Waals surface area contributed by atoms with E-state index < -0.39 is 17.7 Å². The molecule has 2 aromatic rings. The summed E-state index contributed by atoms with van der Waals surface area (Å²) in [5.74, 6) is -0.808. The minimum atomic E-state index is -1.16. The second-order valence-corrected chi connectivity index (χ2v) is 5.05. The van der Waals surface area contributed by atoms with Gasteiger partial charge in [-0.05, 0) is 46.6 Å². The Morgan fingerprint density at radius 1 is 1.20 bits per heavy atom. The van der Waals surface area contributed by atoms with Gasteiger partial charge in [-0.25, -0.2) is 8.78 Å². The van der Waals surface area contributed by atoms with E-state index in [-0.39, 0.29) is 5.56 Å². The van der Waals surface area contributed by atoms with Gasteiger partial charge in [-0.2, -0.15) is 0 Å². The van der Waals surface area contributed by atoms with Crippen molar-refractivity contribution in [1.29, 1.82) is 0 Å². The van der Waals surface area contributed by atoms with E-state index >= 15 is 0 Å². The van der Waals surface area contributed by atoms with Gasteiger partial charge in [0.2, 0.25) is 0 Å². The van der Waals surface area contributed by atoms with Gasteiger partial charge in [0, 0.05) is 11.6 Å². The van der Waals surface area contributed by atoms with Crippen molar-refractivity contribution in [1.82, 2.24) is 0 Å². The van der Waals surface area contributed by atoms with Crippen LogP contribution in [-0.2, 0) is 0 Å². The topological polar surface area (TPSA) is 29.5 Å². The number of benzene rings is 2. The highest BCUT2D eigenvalue weighted by Gasteiger charge is 2.16. The molecule has 0 aliphatic rings. The number of halogens is 3. The summed E-state index contributed by atoms with van der Waals surface area (Å²) >= 11 is 3.33. The summed E-state index contributed by atoms with van der Waals surface area (Å²) in [6.45, 7) is 2.39. The highest BCUT2D eigenvalue weighted by Crippen LogP contribution is 2.31. The second kappa shape index (κ2) is 6.33. The van der Waals surface area contributed by atoms with Crippen LogP contribution in [0.25, 0.3) is 0 Å². The van der Waals surface area contributed by atoms with Crippen LogP contribution in [0, 0.1) is 11.6 Å². The number of rotatable bonds is 4. The molecular weight excluding hydrogens is 330 g/mol. The first kappa shape index (κ1) is 14.9. The highest BCUT2D eigenvalue weighted by atomic mass is 79.9. The van der Waals surface area contributed by atoms with Crippen molar-refractivity contribution in [2.75, 3.05) is 6.61 Å². The van der Waals surface area contributed by atoms with Crippen LogP contribution in [0.15, 0.2) is 40.9 Å². The van der Waals surface area contributed by atoms with Crippen molar-refractivity contribution < 1.29 is 18.6 Å². The Hall–Kier alpha value is -1.46. The maximum Gasteiger partial charge on any atom is 0.133 e. The zero-order valence-electron chi connectivity index (χ0n) is 10.7. The summed E-state index contributed by atoms with van der Waals surface area (Å²) < 4.78 is 32.5. The number of hydrogen-bond donors (Lipinski definition) is 1. The normalized spacial score (nSPS) is 12.2. The van der Waals surface area contributed by atoms with Crippen LogP contribution in [0.1, 0.15) is 24.2 Å². The average molecular weight is 343 g/mol. The predicted octanol–water partition coefficient (Wildman–Crippen LogP) is 4.21. The van der Waals surface area contributed by atoms with E-state index in [1.165, 1.54) is 6.07 Å². The third kappa shape index (κ3) is 3.16. The van der Waals surface area contributed by atoms with Crippen LogP contribution in [0.3, 0.4) is 0 Å². The Bertz CT molecular complexity index is 617. The van der Waals surface area contributed by atoms with Crippen LogP contribution in [0.4, 0.5) is 8.78 Å². The molecule has 0 aromatic heterocycles. The summed E-state index contributed by atoms with van der Waals surface area (Å²) in [5.41, 5.74) is 0.522. The zero-order chi connectivity index (χ0) is 14.7. The predicted molar refractivity (Wildman–Crippen MR) is 75.7 cm³/mol. The fourth-order valence-corrected chi connectivity index (χ4v) is 2.37. The van der Waals surface area contributed by atoms with Gasteiger partial charge in [0.05, 0.1) is 11.1 Å². The lowest BCUT2D eigenvalue weighted by atomic mass is 10.0. The van der Waals surface area contributed by atoms with Crippen LogP contribution in [-0.4, -0.2) is 11.7 Å². The molecule has 1 N–H and O–H groups in total. The van der Waals surface area contributed by atoms with Gasteiger partial charge in [0.25, 0.3) is 0 Å². The molecule has 0 bridgehead atoms. The quantitative estimate of drug-likeness (QED) is 0.901. The van der Waals surface area contributed by atoms with E-state index in [9.17, 15) is 13.9 Å². The summed E-state index contributed by atoms with van der Waals surface area (Å²) in [7, 11) is 0. The first-order chi connectivity index (χ1) is 9.52. The molecule has 0 fully saturated rings. The Labute approximate surface area is 124 Å². The van der Waals surface area contributed by atoms with E-state index in [1.54, 1.807) is 18.2 Å². The van der Waals surface area contributed by atoms with Crippen LogP contribution in [0.5, 0.6) is 5.75 Å². The molecule has 106 valence electrons. The number of aliphatic hydroxyl groups is 1. The summed E-state index contributed by atoms with van der Waals surface area (Å²) in [5, 5.41) is 10.2. The van der Waals surface area contributed by atoms with Gasteiger partial charge < -0.3 is 9.84 Å². The molecule has 20 heavy (non-hydrogen) atoms. The minimum absolute atomic E-state index is 0.0301. The van der Waals surface area contributed by atoms with E-state index in [4.69, 9.17) is 4.74 Å². The first-order valence-electron chi connectivity index (χ1n) is 6.08. The molecule has 1 atom stereocenters. The molecule has 1 unspecified atom stereocenters. The van der Waals surface area contributed by atoms with E-state index in [0.29, 0.717) is 22.4 Å². The number of aliphatic hydroxyl groups excluding tert-OH is 1. The molecule has 0 spiro atoms. The fraction of sp³-hybridized carbons (Fsp3) is 0.200. The fourth-order valence-electron chi connectivity index (χ4n) is 1.86. The third-order valence-electron chi connectivity index (χ3n) is 2.83. The maximum absolute atomic E-state index is 13.7.